The fourth-order valence-corrected chi connectivity index (χ4v) is 4.98. The van der Waals surface area contributed by atoms with Gasteiger partial charge in [0.25, 0.3) is 0 Å². The van der Waals surface area contributed by atoms with Gasteiger partial charge in [-0.2, -0.15) is 0 Å². The van der Waals surface area contributed by atoms with Crippen molar-refractivity contribution in [2.24, 2.45) is 5.73 Å². The third-order valence-corrected chi connectivity index (χ3v) is 6.61. The first-order valence-corrected chi connectivity index (χ1v) is 11.8. The lowest BCUT2D eigenvalue weighted by Crippen LogP contribution is -2.37. The summed E-state index contributed by atoms with van der Waals surface area (Å²) in [6, 6.07) is 28.1. The summed E-state index contributed by atoms with van der Waals surface area (Å²) < 4.78 is 0. The molecule has 2 aliphatic heterocycles. The number of amides is 4. The van der Waals surface area contributed by atoms with Crippen LogP contribution >= 0.6 is 0 Å². The van der Waals surface area contributed by atoms with E-state index in [1.807, 2.05) is 78.9 Å². The number of benzene rings is 4. The SMILES string of the molecule is NC(=O)N1c2ccccc2C=C(NC(=O)N2c3ccccc3CC(=O)c3ccccc32)c2ccccc21. The van der Waals surface area contributed by atoms with Crippen LogP contribution in [0.5, 0.6) is 0 Å². The number of nitrogens with zero attached hydrogens (tertiary/aromatic N) is 2. The fraction of sp³-hybridized carbons (Fsp3) is 0.0333. The minimum absolute atomic E-state index is 0.0524. The molecule has 0 aromatic heterocycles. The molecule has 0 saturated heterocycles. The van der Waals surface area contributed by atoms with Crippen LogP contribution in [-0.2, 0) is 6.42 Å². The van der Waals surface area contributed by atoms with Gasteiger partial charge in [0, 0.05) is 23.1 Å². The minimum atomic E-state index is -0.630. The molecule has 180 valence electrons. The Balaban J connectivity index is 1.50. The largest absolute Gasteiger partial charge is 0.351 e. The number of ketones is 1. The Hall–Kier alpha value is -5.17. The molecule has 4 aromatic carbocycles. The number of carbonyl (C=O) groups excluding carboxylic acids is 3. The molecule has 0 spiro atoms. The van der Waals surface area contributed by atoms with Gasteiger partial charge >= 0.3 is 12.1 Å². The van der Waals surface area contributed by atoms with Gasteiger partial charge in [-0.25, -0.2) is 9.59 Å². The number of Topliss-reactive ketones (excluding diaryl/α,β-unsaturated/α-hetero) is 1. The number of fused-ring (bicyclic) bond motifs is 4. The summed E-state index contributed by atoms with van der Waals surface area (Å²) in [5.74, 6) is -0.0524. The Morgan fingerprint density at radius 3 is 1.97 bits per heavy atom. The number of nitrogens with one attached hydrogen (secondary N) is 1. The average molecular weight is 487 g/mol. The standard InChI is InChI=1S/C30H22N4O3/c31-29(36)33-24-13-5-1-9-19(24)17-23(21-11-3-7-15-26(21)33)32-30(37)34-25-14-6-2-10-20(25)18-28(35)22-12-4-8-16-27(22)34/h1-17H,18H2,(H2,31,36)(H,32,37). The predicted molar refractivity (Wildman–Crippen MR) is 144 cm³/mol. The van der Waals surface area contributed by atoms with Crippen molar-refractivity contribution in [3.8, 4) is 0 Å². The maximum atomic E-state index is 14.1. The van der Waals surface area contributed by atoms with E-state index in [1.165, 1.54) is 4.90 Å². The molecule has 7 nitrogen and oxygen atoms in total. The number of urea groups is 2. The molecule has 0 bridgehead atoms. The zero-order valence-electron chi connectivity index (χ0n) is 19.7. The highest BCUT2D eigenvalue weighted by Gasteiger charge is 2.31. The van der Waals surface area contributed by atoms with Crippen LogP contribution in [0.2, 0.25) is 0 Å². The molecule has 7 heteroatoms. The van der Waals surface area contributed by atoms with Gasteiger partial charge in [0.15, 0.2) is 5.78 Å². The quantitative estimate of drug-likeness (QED) is 0.345. The van der Waals surface area contributed by atoms with Crippen molar-refractivity contribution >= 4 is 52.4 Å². The topological polar surface area (TPSA) is 95.7 Å². The number of nitrogens with two attached hydrogens (primary N) is 1. The monoisotopic (exact) mass is 486 g/mol. The summed E-state index contributed by atoms with van der Waals surface area (Å²) in [6.45, 7) is 0. The van der Waals surface area contributed by atoms with E-state index < -0.39 is 12.1 Å². The third-order valence-electron chi connectivity index (χ3n) is 6.61. The summed E-state index contributed by atoms with van der Waals surface area (Å²) in [5, 5.41) is 3.07. The van der Waals surface area contributed by atoms with E-state index >= 15 is 0 Å². The lowest BCUT2D eigenvalue weighted by Gasteiger charge is -2.26. The maximum absolute atomic E-state index is 14.1. The summed E-state index contributed by atoms with van der Waals surface area (Å²) in [7, 11) is 0. The highest BCUT2D eigenvalue weighted by atomic mass is 16.2. The molecule has 3 N–H and O–H groups in total. The van der Waals surface area contributed by atoms with Crippen molar-refractivity contribution in [1.29, 1.82) is 0 Å². The molecule has 6 rings (SSSR count). The van der Waals surface area contributed by atoms with Gasteiger partial charge in [0.1, 0.15) is 0 Å². The molecule has 2 aliphatic rings. The van der Waals surface area contributed by atoms with Crippen molar-refractivity contribution in [3.63, 3.8) is 0 Å². The van der Waals surface area contributed by atoms with Crippen LogP contribution in [0, 0.1) is 0 Å². The number of anilines is 4. The number of hydrogen-bond acceptors (Lipinski definition) is 3. The van der Waals surface area contributed by atoms with E-state index in [0.717, 1.165) is 11.1 Å². The number of para-hydroxylation sites is 4. The molecule has 0 radical (unpaired) electrons. The third kappa shape index (κ3) is 3.73. The van der Waals surface area contributed by atoms with Gasteiger partial charge in [-0.05, 0) is 42.0 Å². The second-order valence-electron chi connectivity index (χ2n) is 8.82. The van der Waals surface area contributed by atoms with Crippen LogP contribution in [0.3, 0.4) is 0 Å². The Kier molecular flexibility index (Phi) is 5.31. The van der Waals surface area contributed by atoms with Crippen molar-refractivity contribution < 1.29 is 14.4 Å². The van der Waals surface area contributed by atoms with E-state index in [9.17, 15) is 14.4 Å². The van der Waals surface area contributed by atoms with Crippen molar-refractivity contribution in [2.75, 3.05) is 9.80 Å². The van der Waals surface area contributed by atoms with E-state index in [4.69, 9.17) is 5.73 Å². The number of hydrogen-bond donors (Lipinski definition) is 2. The van der Waals surface area contributed by atoms with E-state index in [1.54, 1.807) is 29.2 Å². The second-order valence-corrected chi connectivity index (χ2v) is 8.82. The average Bonchev–Trinajstić information content (AvgIpc) is 3.12. The molecule has 0 aliphatic carbocycles. The van der Waals surface area contributed by atoms with Crippen molar-refractivity contribution in [2.45, 2.75) is 6.42 Å². The van der Waals surface area contributed by atoms with Crippen LogP contribution in [0.1, 0.15) is 27.0 Å². The van der Waals surface area contributed by atoms with Crippen LogP contribution in [0.15, 0.2) is 97.1 Å². The van der Waals surface area contributed by atoms with Gasteiger partial charge in [-0.15, -0.1) is 0 Å². The molecular weight excluding hydrogens is 464 g/mol. The Morgan fingerprint density at radius 1 is 0.676 bits per heavy atom. The molecular formula is C30H22N4O3. The molecule has 4 amide bonds. The number of primary amides is 1. The first-order chi connectivity index (χ1) is 18.0. The van der Waals surface area contributed by atoms with Gasteiger partial charge in [-0.3, -0.25) is 14.6 Å². The van der Waals surface area contributed by atoms with E-state index in [-0.39, 0.29) is 12.2 Å². The Morgan fingerprint density at radius 2 is 1.24 bits per heavy atom. The first-order valence-electron chi connectivity index (χ1n) is 11.8. The zero-order valence-corrected chi connectivity index (χ0v) is 19.7. The molecule has 4 aromatic rings. The van der Waals surface area contributed by atoms with Crippen LogP contribution < -0.4 is 20.9 Å². The highest BCUT2D eigenvalue weighted by molar-refractivity contribution is 6.15. The predicted octanol–water partition coefficient (Wildman–Crippen LogP) is 6.00. The molecule has 2 heterocycles. The smallest absolute Gasteiger partial charge is 0.330 e. The highest BCUT2D eigenvalue weighted by Crippen LogP contribution is 2.40. The molecule has 0 atom stereocenters. The van der Waals surface area contributed by atoms with Crippen LogP contribution in [0.25, 0.3) is 11.8 Å². The lowest BCUT2D eigenvalue weighted by molar-refractivity contribution is 0.0994. The summed E-state index contributed by atoms with van der Waals surface area (Å²) in [4.78, 5) is 42.6. The van der Waals surface area contributed by atoms with E-state index in [0.29, 0.717) is 39.6 Å². The zero-order chi connectivity index (χ0) is 25.5. The molecule has 0 saturated carbocycles. The molecule has 0 fully saturated rings. The Labute approximate surface area is 213 Å². The summed E-state index contributed by atoms with van der Waals surface area (Å²) in [5.41, 5.74) is 11.2. The van der Waals surface area contributed by atoms with Crippen LogP contribution in [-0.4, -0.2) is 17.8 Å². The van der Waals surface area contributed by atoms with Gasteiger partial charge in [0.05, 0.1) is 28.4 Å². The normalized spacial score (nSPS) is 13.7. The fourth-order valence-electron chi connectivity index (χ4n) is 4.98. The Bertz CT molecular complexity index is 1620. The second kappa shape index (κ2) is 8.80. The van der Waals surface area contributed by atoms with Crippen LogP contribution in [0.4, 0.5) is 32.3 Å². The van der Waals surface area contributed by atoms with Gasteiger partial charge in [0.2, 0.25) is 0 Å². The lowest BCUT2D eigenvalue weighted by atomic mass is 10.0. The first kappa shape index (κ1) is 22.3. The van der Waals surface area contributed by atoms with E-state index in [2.05, 4.69) is 5.32 Å². The van der Waals surface area contributed by atoms with Gasteiger partial charge in [-0.1, -0.05) is 66.7 Å². The number of carbonyl (C=O) groups is 3. The van der Waals surface area contributed by atoms with Crippen molar-refractivity contribution in [1.82, 2.24) is 5.32 Å². The maximum Gasteiger partial charge on any atom is 0.330 e. The van der Waals surface area contributed by atoms with Crippen molar-refractivity contribution in [3.05, 3.63) is 119 Å². The van der Waals surface area contributed by atoms with Gasteiger partial charge < -0.3 is 11.1 Å². The molecule has 0 unspecified atom stereocenters. The minimum Gasteiger partial charge on any atom is -0.351 e. The summed E-state index contributed by atoms with van der Waals surface area (Å²) >= 11 is 0. The summed E-state index contributed by atoms with van der Waals surface area (Å²) in [6.07, 6.45) is 2.03. The molecule has 37 heavy (non-hydrogen) atoms. The number of rotatable bonds is 1.